The van der Waals surface area contributed by atoms with Gasteiger partial charge in [0.1, 0.15) is 5.56 Å². The molecule has 3 heterocycles. The number of amides is 1. The van der Waals surface area contributed by atoms with E-state index >= 15 is 0 Å². The summed E-state index contributed by atoms with van der Waals surface area (Å²) in [6.45, 7) is 0.578. The molecule has 1 amide bonds. The van der Waals surface area contributed by atoms with Gasteiger partial charge in [-0.25, -0.2) is 15.0 Å². The molecule has 0 bridgehead atoms. The summed E-state index contributed by atoms with van der Waals surface area (Å²) in [6, 6.07) is 1.64. The van der Waals surface area contributed by atoms with Gasteiger partial charge in [0.25, 0.3) is 11.5 Å². The predicted octanol–water partition coefficient (Wildman–Crippen LogP) is 0.391. The average molecular weight is 275 g/mol. The first-order valence-electron chi connectivity index (χ1n) is 5.57. The highest BCUT2D eigenvalue weighted by molar-refractivity contribution is 7.99. The van der Waals surface area contributed by atoms with Crippen LogP contribution >= 0.6 is 11.8 Å². The van der Waals surface area contributed by atoms with E-state index < -0.39 is 5.91 Å². The second-order valence-corrected chi connectivity index (χ2v) is 4.85. The highest BCUT2D eigenvalue weighted by atomic mass is 32.2. The monoisotopic (exact) mass is 275 g/mol. The van der Waals surface area contributed by atoms with Crippen LogP contribution in [0.3, 0.4) is 0 Å². The average Bonchev–Trinajstić information content (AvgIpc) is 2.89. The van der Waals surface area contributed by atoms with Gasteiger partial charge in [0.2, 0.25) is 5.95 Å². The fourth-order valence-corrected chi connectivity index (χ4v) is 2.62. The van der Waals surface area contributed by atoms with Gasteiger partial charge in [0.05, 0.1) is 0 Å². The molecule has 1 aliphatic heterocycles. The molecule has 0 aliphatic carbocycles. The summed E-state index contributed by atoms with van der Waals surface area (Å²) in [7, 11) is 0. The zero-order valence-electron chi connectivity index (χ0n) is 9.74. The summed E-state index contributed by atoms with van der Waals surface area (Å²) in [5.41, 5.74) is -0.331. The van der Waals surface area contributed by atoms with E-state index in [1.807, 2.05) is 0 Å². The molecule has 96 valence electrons. The Hall–Kier alpha value is -2.22. The molecule has 7 nitrogen and oxygen atoms in total. The molecule has 8 heteroatoms. The number of thioether (sulfide) groups is 1. The highest BCUT2D eigenvalue weighted by Crippen LogP contribution is 2.20. The highest BCUT2D eigenvalue weighted by Gasteiger charge is 2.20. The van der Waals surface area contributed by atoms with Crippen LogP contribution in [0.15, 0.2) is 34.6 Å². The van der Waals surface area contributed by atoms with E-state index in [1.165, 1.54) is 34.9 Å². The molecular formula is C11H9N5O2S. The maximum atomic E-state index is 12.1. The molecule has 2 aromatic heterocycles. The summed E-state index contributed by atoms with van der Waals surface area (Å²) < 4.78 is 1.51. The normalized spacial score (nSPS) is 13.1. The zero-order chi connectivity index (χ0) is 13.2. The Bertz CT molecular complexity index is 685. The van der Waals surface area contributed by atoms with E-state index in [0.29, 0.717) is 11.7 Å². The minimum Gasteiger partial charge on any atom is -0.290 e. The fraction of sp³-hybridized carbons (Fsp3) is 0.182. The number of hydrogen-bond donors (Lipinski definition) is 1. The molecule has 0 atom stereocenters. The largest absolute Gasteiger partial charge is 0.290 e. The zero-order valence-corrected chi connectivity index (χ0v) is 10.6. The second-order valence-electron chi connectivity index (χ2n) is 3.79. The topological polar surface area (TPSA) is 89.8 Å². The van der Waals surface area contributed by atoms with Crippen LogP contribution in [0.5, 0.6) is 0 Å². The van der Waals surface area contributed by atoms with E-state index in [1.54, 1.807) is 6.07 Å². The molecule has 0 radical (unpaired) electrons. The van der Waals surface area contributed by atoms with E-state index in [2.05, 4.69) is 20.3 Å². The lowest BCUT2D eigenvalue weighted by Gasteiger charge is -2.05. The Morgan fingerprint density at radius 1 is 1.32 bits per heavy atom. The predicted molar refractivity (Wildman–Crippen MR) is 69.2 cm³/mol. The Morgan fingerprint density at radius 3 is 2.89 bits per heavy atom. The van der Waals surface area contributed by atoms with Gasteiger partial charge in [-0.15, -0.1) is 0 Å². The molecule has 0 aromatic carbocycles. The number of aromatic nitrogens is 4. The third kappa shape index (κ3) is 2.22. The van der Waals surface area contributed by atoms with Crippen molar-refractivity contribution >= 4 is 23.6 Å². The van der Waals surface area contributed by atoms with Gasteiger partial charge in [-0.1, -0.05) is 11.8 Å². The van der Waals surface area contributed by atoms with Gasteiger partial charge in [0, 0.05) is 30.9 Å². The molecule has 0 saturated carbocycles. The molecule has 0 saturated heterocycles. The lowest BCUT2D eigenvalue weighted by Crippen LogP contribution is -2.29. The summed E-state index contributed by atoms with van der Waals surface area (Å²) in [5.74, 6) is 0.414. The summed E-state index contributed by atoms with van der Waals surface area (Å²) in [5, 5.41) is 3.12. The second kappa shape index (κ2) is 4.81. The van der Waals surface area contributed by atoms with Crippen LogP contribution in [0.2, 0.25) is 0 Å². The van der Waals surface area contributed by atoms with Gasteiger partial charge in [-0.2, -0.15) is 0 Å². The van der Waals surface area contributed by atoms with Crippen LogP contribution in [0.25, 0.3) is 0 Å². The molecular weight excluding hydrogens is 266 g/mol. The fourth-order valence-electron chi connectivity index (χ4n) is 1.71. The number of carbonyl (C=O) groups excluding carboxylic acids is 1. The number of rotatable bonds is 2. The van der Waals surface area contributed by atoms with Crippen LogP contribution in [0.4, 0.5) is 5.95 Å². The molecule has 19 heavy (non-hydrogen) atoms. The Balaban J connectivity index is 1.91. The maximum absolute atomic E-state index is 12.1. The van der Waals surface area contributed by atoms with E-state index in [4.69, 9.17) is 0 Å². The van der Waals surface area contributed by atoms with Gasteiger partial charge in [-0.3, -0.25) is 19.5 Å². The standard InChI is InChI=1S/C11H9N5O2S/c17-8(15-10-12-2-1-3-13-10)7-6-14-11-16(9(7)18)4-5-19-11/h1-3,6H,4-5H2,(H,12,13,15,17). The molecule has 0 fully saturated rings. The van der Waals surface area contributed by atoms with Crippen molar-refractivity contribution < 1.29 is 4.79 Å². The van der Waals surface area contributed by atoms with Crippen LogP contribution in [0.1, 0.15) is 10.4 Å². The van der Waals surface area contributed by atoms with Crippen LogP contribution in [-0.4, -0.2) is 31.2 Å². The molecule has 0 unspecified atom stereocenters. The Kier molecular flexibility index (Phi) is 3.00. The number of nitrogens with one attached hydrogen (secondary N) is 1. The lowest BCUT2D eigenvalue weighted by atomic mass is 10.3. The summed E-state index contributed by atoms with van der Waals surface area (Å²) in [6.07, 6.45) is 4.31. The minimum absolute atomic E-state index is 0.00120. The van der Waals surface area contributed by atoms with Gasteiger partial charge >= 0.3 is 0 Å². The van der Waals surface area contributed by atoms with Crippen molar-refractivity contribution in [2.75, 3.05) is 11.1 Å². The first kappa shape index (κ1) is 11.8. The van der Waals surface area contributed by atoms with E-state index in [-0.39, 0.29) is 17.1 Å². The Morgan fingerprint density at radius 2 is 2.11 bits per heavy atom. The smallest absolute Gasteiger partial charge is 0.267 e. The molecule has 0 spiro atoms. The molecule has 3 rings (SSSR count). The first-order chi connectivity index (χ1) is 9.25. The van der Waals surface area contributed by atoms with Crippen molar-refractivity contribution in [1.29, 1.82) is 0 Å². The molecule has 1 aliphatic rings. The maximum Gasteiger partial charge on any atom is 0.267 e. The van der Waals surface area contributed by atoms with Crippen LogP contribution in [0, 0.1) is 0 Å². The number of carbonyl (C=O) groups is 1. The van der Waals surface area contributed by atoms with Crippen LogP contribution in [-0.2, 0) is 6.54 Å². The van der Waals surface area contributed by atoms with Crippen LogP contribution < -0.4 is 10.9 Å². The number of anilines is 1. The quantitative estimate of drug-likeness (QED) is 0.797. The first-order valence-corrected chi connectivity index (χ1v) is 6.55. The van der Waals surface area contributed by atoms with E-state index in [9.17, 15) is 9.59 Å². The van der Waals surface area contributed by atoms with E-state index in [0.717, 1.165) is 5.75 Å². The van der Waals surface area contributed by atoms with Crippen molar-refractivity contribution in [3.05, 3.63) is 40.6 Å². The number of fused-ring (bicyclic) bond motifs is 1. The van der Waals surface area contributed by atoms with Crippen molar-refractivity contribution in [2.45, 2.75) is 11.7 Å². The van der Waals surface area contributed by atoms with Crippen molar-refractivity contribution in [2.24, 2.45) is 0 Å². The molecule has 1 N–H and O–H groups in total. The summed E-state index contributed by atoms with van der Waals surface area (Å²) >= 11 is 1.50. The van der Waals surface area contributed by atoms with Gasteiger partial charge in [-0.05, 0) is 6.07 Å². The van der Waals surface area contributed by atoms with Crippen molar-refractivity contribution in [3.8, 4) is 0 Å². The minimum atomic E-state index is -0.545. The summed E-state index contributed by atoms with van der Waals surface area (Å²) in [4.78, 5) is 35.9. The SMILES string of the molecule is O=C(Nc1ncccn1)c1cnc2n(c1=O)CCS2. The third-order valence-electron chi connectivity index (χ3n) is 2.59. The van der Waals surface area contributed by atoms with Gasteiger partial charge < -0.3 is 0 Å². The van der Waals surface area contributed by atoms with Gasteiger partial charge in [0.15, 0.2) is 5.16 Å². The lowest BCUT2D eigenvalue weighted by molar-refractivity contribution is 0.102. The third-order valence-corrected chi connectivity index (χ3v) is 3.56. The molecule has 2 aromatic rings. The van der Waals surface area contributed by atoms with Crippen molar-refractivity contribution in [1.82, 2.24) is 19.5 Å². The Labute approximate surface area is 112 Å². The number of nitrogens with zero attached hydrogens (tertiary/aromatic N) is 4. The number of hydrogen-bond acceptors (Lipinski definition) is 6. The van der Waals surface area contributed by atoms with Crippen molar-refractivity contribution in [3.63, 3.8) is 0 Å².